The lowest BCUT2D eigenvalue weighted by Gasteiger charge is -2.14. The summed E-state index contributed by atoms with van der Waals surface area (Å²) in [5.74, 6) is -0.00541. The number of carbonyl (C=O) groups is 1. The van der Waals surface area contributed by atoms with E-state index in [4.69, 9.17) is 4.74 Å². The number of aromatic nitrogens is 1. The highest BCUT2D eigenvalue weighted by atomic mass is 19.1. The number of hydrogen-bond acceptors (Lipinski definition) is 4. The molecule has 0 aliphatic rings. The Bertz CT molecular complexity index is 928. The number of nitrogens with zero attached hydrogens (tertiary/aromatic N) is 2. The highest BCUT2D eigenvalue weighted by molar-refractivity contribution is 5.94. The smallest absolute Gasteiger partial charge is 0.251 e. The molecule has 0 bridgehead atoms. The molecule has 2 aromatic carbocycles. The van der Waals surface area contributed by atoms with Crippen molar-refractivity contribution in [2.24, 2.45) is 0 Å². The maximum absolute atomic E-state index is 14.0. The van der Waals surface area contributed by atoms with Crippen LogP contribution in [0.1, 0.15) is 21.5 Å². The van der Waals surface area contributed by atoms with Crippen LogP contribution in [0.5, 0.6) is 5.75 Å². The molecule has 0 saturated carbocycles. The molecule has 0 radical (unpaired) electrons. The Hall–Kier alpha value is -3.41. The van der Waals surface area contributed by atoms with Crippen LogP contribution in [0.4, 0.5) is 10.1 Å². The van der Waals surface area contributed by atoms with Gasteiger partial charge in [0.05, 0.1) is 5.69 Å². The van der Waals surface area contributed by atoms with E-state index in [0.717, 1.165) is 16.9 Å². The van der Waals surface area contributed by atoms with E-state index in [1.807, 2.05) is 36.4 Å². The van der Waals surface area contributed by atoms with E-state index in [9.17, 15) is 9.18 Å². The third-order valence-corrected chi connectivity index (χ3v) is 4.20. The minimum absolute atomic E-state index is 0.291. The van der Waals surface area contributed by atoms with Crippen molar-refractivity contribution in [1.29, 1.82) is 0 Å². The van der Waals surface area contributed by atoms with Gasteiger partial charge in [0.1, 0.15) is 18.2 Å². The van der Waals surface area contributed by atoms with Gasteiger partial charge in [-0.05, 0) is 42.0 Å². The fraction of sp³-hybridized carbons (Fsp3) is 0.182. The molecule has 144 valence electrons. The molecule has 0 unspecified atom stereocenters. The van der Waals surface area contributed by atoms with E-state index < -0.39 is 5.82 Å². The molecule has 0 aliphatic heterocycles. The molecule has 1 N–H and O–H groups in total. The third-order valence-electron chi connectivity index (χ3n) is 4.20. The first-order valence-corrected chi connectivity index (χ1v) is 8.88. The highest BCUT2D eigenvalue weighted by Crippen LogP contribution is 2.18. The number of anilines is 1. The first kappa shape index (κ1) is 19.4. The molecule has 1 aromatic heterocycles. The largest absolute Gasteiger partial charge is 0.489 e. The Balaban J connectivity index is 1.53. The summed E-state index contributed by atoms with van der Waals surface area (Å²) in [4.78, 5) is 18.0. The lowest BCUT2D eigenvalue weighted by Crippen LogP contribution is -2.23. The van der Waals surface area contributed by atoms with Gasteiger partial charge in [-0.1, -0.05) is 18.2 Å². The van der Waals surface area contributed by atoms with Crippen molar-refractivity contribution < 1.29 is 13.9 Å². The summed E-state index contributed by atoms with van der Waals surface area (Å²) in [7, 11) is 3.50. The monoisotopic (exact) mass is 379 g/mol. The van der Waals surface area contributed by atoms with E-state index in [1.165, 1.54) is 6.07 Å². The molecular weight excluding hydrogens is 357 g/mol. The van der Waals surface area contributed by atoms with Crippen molar-refractivity contribution in [1.82, 2.24) is 10.3 Å². The van der Waals surface area contributed by atoms with Crippen LogP contribution in [0.3, 0.4) is 0 Å². The number of benzene rings is 2. The van der Waals surface area contributed by atoms with Crippen LogP contribution in [0.15, 0.2) is 67.0 Å². The van der Waals surface area contributed by atoms with Gasteiger partial charge in [-0.3, -0.25) is 9.78 Å². The Kier molecular flexibility index (Phi) is 6.22. The standard InChI is InChI=1S/C22H22FN3O2/c1-26(2)21-10-7-18(12-20(21)23)22(27)25-14-16-5-8-19(9-6-16)28-15-17-4-3-11-24-13-17/h3-13H,14-15H2,1-2H3,(H,25,27). The van der Waals surface area contributed by atoms with Gasteiger partial charge in [-0.15, -0.1) is 0 Å². The van der Waals surface area contributed by atoms with Crippen molar-refractivity contribution in [3.8, 4) is 5.75 Å². The van der Waals surface area contributed by atoms with Crippen molar-refractivity contribution in [2.75, 3.05) is 19.0 Å². The Morgan fingerprint density at radius 1 is 1.11 bits per heavy atom. The number of carbonyl (C=O) groups excluding carboxylic acids is 1. The molecule has 0 atom stereocenters. The number of amides is 1. The summed E-state index contributed by atoms with van der Waals surface area (Å²) >= 11 is 0. The van der Waals surface area contributed by atoms with Crippen LogP contribution in [-0.2, 0) is 13.2 Å². The Labute approximate surface area is 163 Å². The second-order valence-electron chi connectivity index (χ2n) is 6.54. The van der Waals surface area contributed by atoms with Crippen molar-refractivity contribution in [3.05, 3.63) is 89.5 Å². The Morgan fingerprint density at radius 3 is 2.54 bits per heavy atom. The summed E-state index contributed by atoms with van der Waals surface area (Å²) in [6, 6.07) is 15.7. The van der Waals surface area contributed by atoms with Gasteiger partial charge >= 0.3 is 0 Å². The van der Waals surface area contributed by atoms with E-state index in [1.54, 1.807) is 43.5 Å². The third kappa shape index (κ3) is 5.07. The van der Waals surface area contributed by atoms with Gasteiger partial charge in [0.25, 0.3) is 5.91 Å². The van der Waals surface area contributed by atoms with Gasteiger partial charge in [0, 0.05) is 44.2 Å². The fourth-order valence-electron chi connectivity index (χ4n) is 2.65. The van der Waals surface area contributed by atoms with Gasteiger partial charge in [0.2, 0.25) is 0 Å². The topological polar surface area (TPSA) is 54.5 Å². The van der Waals surface area contributed by atoms with Crippen LogP contribution in [0.25, 0.3) is 0 Å². The van der Waals surface area contributed by atoms with E-state index in [-0.39, 0.29) is 5.91 Å². The van der Waals surface area contributed by atoms with Gasteiger partial charge in [-0.2, -0.15) is 0 Å². The maximum Gasteiger partial charge on any atom is 0.251 e. The number of nitrogens with one attached hydrogen (secondary N) is 1. The number of hydrogen-bond donors (Lipinski definition) is 1. The van der Waals surface area contributed by atoms with E-state index >= 15 is 0 Å². The zero-order valence-electron chi connectivity index (χ0n) is 15.9. The summed E-state index contributed by atoms with van der Waals surface area (Å²) in [6.07, 6.45) is 3.48. The van der Waals surface area contributed by atoms with Gasteiger partial charge in [-0.25, -0.2) is 4.39 Å². The minimum atomic E-state index is -0.423. The average Bonchev–Trinajstić information content (AvgIpc) is 2.71. The zero-order valence-corrected chi connectivity index (χ0v) is 15.9. The predicted octanol–water partition coefficient (Wildman–Crippen LogP) is 3.80. The molecule has 3 aromatic rings. The first-order chi connectivity index (χ1) is 13.5. The van der Waals surface area contributed by atoms with E-state index in [0.29, 0.717) is 24.4 Å². The predicted molar refractivity (Wildman–Crippen MR) is 107 cm³/mol. The molecule has 0 fully saturated rings. The fourth-order valence-corrected chi connectivity index (χ4v) is 2.65. The minimum Gasteiger partial charge on any atom is -0.489 e. The molecule has 0 saturated heterocycles. The number of halogens is 1. The summed E-state index contributed by atoms with van der Waals surface area (Å²) < 4.78 is 19.7. The quantitative estimate of drug-likeness (QED) is 0.679. The zero-order chi connectivity index (χ0) is 19.9. The van der Waals surface area contributed by atoms with Crippen LogP contribution in [0, 0.1) is 5.82 Å². The van der Waals surface area contributed by atoms with Gasteiger partial charge in [0.15, 0.2) is 0 Å². The number of rotatable bonds is 7. The van der Waals surface area contributed by atoms with Crippen molar-refractivity contribution in [2.45, 2.75) is 13.2 Å². The maximum atomic E-state index is 14.0. The molecule has 3 rings (SSSR count). The van der Waals surface area contributed by atoms with Gasteiger partial charge < -0.3 is 15.0 Å². The second kappa shape index (κ2) is 8.99. The summed E-state index contributed by atoms with van der Waals surface area (Å²) in [5.41, 5.74) is 2.65. The molecular formula is C22H22FN3O2. The molecule has 28 heavy (non-hydrogen) atoms. The lowest BCUT2D eigenvalue weighted by atomic mass is 10.1. The SMILES string of the molecule is CN(C)c1ccc(C(=O)NCc2ccc(OCc3cccnc3)cc2)cc1F. The summed E-state index contributed by atoms with van der Waals surface area (Å²) in [5, 5.41) is 2.80. The molecule has 5 nitrogen and oxygen atoms in total. The molecule has 0 aliphatic carbocycles. The second-order valence-corrected chi connectivity index (χ2v) is 6.54. The van der Waals surface area contributed by atoms with Crippen LogP contribution in [0.2, 0.25) is 0 Å². The normalized spacial score (nSPS) is 10.4. The number of pyridine rings is 1. The van der Waals surface area contributed by atoms with Crippen molar-refractivity contribution in [3.63, 3.8) is 0 Å². The van der Waals surface area contributed by atoms with Crippen LogP contribution in [-0.4, -0.2) is 25.0 Å². The van der Waals surface area contributed by atoms with E-state index in [2.05, 4.69) is 10.3 Å². The van der Waals surface area contributed by atoms with Crippen LogP contribution >= 0.6 is 0 Å². The first-order valence-electron chi connectivity index (χ1n) is 8.88. The van der Waals surface area contributed by atoms with Crippen LogP contribution < -0.4 is 15.0 Å². The molecule has 6 heteroatoms. The molecule has 1 heterocycles. The molecule has 0 spiro atoms. The number of ether oxygens (including phenoxy) is 1. The molecule has 1 amide bonds. The average molecular weight is 379 g/mol. The summed E-state index contributed by atoms with van der Waals surface area (Å²) in [6.45, 7) is 0.789. The lowest BCUT2D eigenvalue weighted by molar-refractivity contribution is 0.0950. The van der Waals surface area contributed by atoms with Crippen molar-refractivity contribution >= 4 is 11.6 Å². The highest BCUT2D eigenvalue weighted by Gasteiger charge is 2.10. The Morgan fingerprint density at radius 2 is 1.89 bits per heavy atom.